The van der Waals surface area contributed by atoms with Crippen LogP contribution in [0.3, 0.4) is 0 Å². The van der Waals surface area contributed by atoms with Crippen LogP contribution in [0.25, 0.3) is 0 Å². The number of hydrogen-bond donors (Lipinski definition) is 3. The minimum absolute atomic E-state index is 0.0569. The van der Waals surface area contributed by atoms with Gasteiger partial charge in [0.05, 0.1) is 12.1 Å². The van der Waals surface area contributed by atoms with Gasteiger partial charge in [-0.2, -0.15) is 0 Å². The average Bonchev–Trinajstić information content (AvgIpc) is 2.11. The molecule has 6 heteroatoms. The van der Waals surface area contributed by atoms with Gasteiger partial charge in [-0.15, -0.1) is 0 Å². The Labute approximate surface area is 99.6 Å². The van der Waals surface area contributed by atoms with E-state index in [-0.39, 0.29) is 17.5 Å². The topological polar surface area (TPSA) is 101 Å². The number of nitrogens with one attached hydrogen (secondary N) is 2. The molecule has 1 aromatic rings. The number of hydrogen-bond acceptors (Lipinski definition) is 4. The van der Waals surface area contributed by atoms with E-state index in [1.165, 1.54) is 6.07 Å². The Kier molecular flexibility index (Phi) is 4.01. The van der Waals surface area contributed by atoms with E-state index in [0.717, 1.165) is 0 Å². The number of aromatic amines is 1. The van der Waals surface area contributed by atoms with Crippen molar-refractivity contribution in [1.29, 1.82) is 0 Å². The van der Waals surface area contributed by atoms with E-state index in [9.17, 15) is 9.59 Å². The quantitative estimate of drug-likeness (QED) is 0.669. The Bertz CT molecular complexity index is 459. The third-order valence-electron chi connectivity index (χ3n) is 1.99. The lowest BCUT2D eigenvalue weighted by Crippen LogP contribution is -2.35. The molecule has 0 bridgehead atoms. The Hall–Kier alpha value is -1.69. The predicted octanol–water partition coefficient (Wildman–Crippen LogP) is -0.314. The van der Waals surface area contributed by atoms with Crippen molar-refractivity contribution in [3.8, 4) is 0 Å². The van der Waals surface area contributed by atoms with Crippen LogP contribution in [0.2, 0.25) is 0 Å². The maximum atomic E-state index is 11.3. The molecule has 1 aromatic heterocycles. The predicted molar refractivity (Wildman–Crippen MR) is 64.3 cm³/mol. The third kappa shape index (κ3) is 5.26. The minimum Gasteiger partial charge on any atom is -0.369 e. The van der Waals surface area contributed by atoms with Crippen molar-refractivity contribution >= 4 is 5.91 Å². The van der Waals surface area contributed by atoms with E-state index in [1.807, 2.05) is 20.8 Å². The molecule has 17 heavy (non-hydrogen) atoms. The highest BCUT2D eigenvalue weighted by atomic mass is 16.1. The first-order valence-electron chi connectivity index (χ1n) is 5.39. The van der Waals surface area contributed by atoms with Gasteiger partial charge in [0.25, 0.3) is 5.56 Å². The average molecular weight is 238 g/mol. The maximum Gasteiger partial charge on any atom is 0.251 e. The number of aromatic nitrogens is 2. The molecule has 0 aliphatic carbocycles. The largest absolute Gasteiger partial charge is 0.369 e. The van der Waals surface area contributed by atoms with Gasteiger partial charge in [-0.1, -0.05) is 0 Å². The molecule has 0 radical (unpaired) electrons. The lowest BCUT2D eigenvalue weighted by atomic mass is 10.1. The van der Waals surface area contributed by atoms with Crippen LogP contribution < -0.4 is 16.6 Å². The van der Waals surface area contributed by atoms with Crippen LogP contribution in [0.4, 0.5) is 0 Å². The number of rotatable bonds is 4. The van der Waals surface area contributed by atoms with Crippen molar-refractivity contribution in [3.63, 3.8) is 0 Å². The summed E-state index contributed by atoms with van der Waals surface area (Å²) >= 11 is 0. The van der Waals surface area contributed by atoms with Crippen LogP contribution in [0, 0.1) is 0 Å². The summed E-state index contributed by atoms with van der Waals surface area (Å²) in [5.74, 6) is -0.218. The van der Waals surface area contributed by atoms with Crippen LogP contribution in [-0.2, 0) is 17.8 Å². The van der Waals surface area contributed by atoms with E-state index in [1.54, 1.807) is 0 Å². The van der Waals surface area contributed by atoms with Gasteiger partial charge < -0.3 is 16.0 Å². The molecule has 4 N–H and O–H groups in total. The number of H-pyrrole nitrogens is 1. The van der Waals surface area contributed by atoms with Crippen molar-refractivity contribution in [2.75, 3.05) is 0 Å². The van der Waals surface area contributed by atoms with Crippen molar-refractivity contribution in [3.05, 3.63) is 27.9 Å². The molecule has 0 aromatic carbocycles. The number of nitrogens with two attached hydrogens (primary N) is 1. The standard InChI is InChI=1S/C11H18N4O2/c1-11(2,3)13-6-7-4-10(17)15-9(14-7)5-8(12)16/h4,13H,5-6H2,1-3H3,(H2,12,16)(H,14,15,17). The molecular weight excluding hydrogens is 220 g/mol. The van der Waals surface area contributed by atoms with Crippen LogP contribution in [0.15, 0.2) is 10.9 Å². The van der Waals surface area contributed by atoms with Gasteiger partial charge in [-0.25, -0.2) is 4.98 Å². The molecule has 0 unspecified atom stereocenters. The Morgan fingerprint density at radius 3 is 2.71 bits per heavy atom. The molecule has 0 fully saturated rings. The highest BCUT2D eigenvalue weighted by Crippen LogP contribution is 2.01. The van der Waals surface area contributed by atoms with E-state index in [2.05, 4.69) is 15.3 Å². The molecule has 0 spiro atoms. The molecule has 1 heterocycles. The lowest BCUT2D eigenvalue weighted by molar-refractivity contribution is -0.117. The van der Waals surface area contributed by atoms with Gasteiger partial charge in [0.2, 0.25) is 5.91 Å². The van der Waals surface area contributed by atoms with Crippen molar-refractivity contribution in [2.24, 2.45) is 5.73 Å². The van der Waals surface area contributed by atoms with Crippen LogP contribution in [0.1, 0.15) is 32.3 Å². The zero-order valence-electron chi connectivity index (χ0n) is 10.3. The summed E-state index contributed by atoms with van der Waals surface area (Å²) in [7, 11) is 0. The minimum atomic E-state index is -0.519. The van der Waals surface area contributed by atoms with Crippen LogP contribution in [0.5, 0.6) is 0 Å². The number of nitrogens with zero attached hydrogens (tertiary/aromatic N) is 1. The second-order valence-electron chi connectivity index (χ2n) is 4.93. The van der Waals surface area contributed by atoms with Crippen molar-refractivity contribution in [2.45, 2.75) is 39.3 Å². The summed E-state index contributed by atoms with van der Waals surface area (Å²) in [5.41, 5.74) is 5.31. The van der Waals surface area contributed by atoms with E-state index in [4.69, 9.17) is 5.73 Å². The molecule has 0 aliphatic heterocycles. The fourth-order valence-electron chi connectivity index (χ4n) is 1.26. The van der Waals surface area contributed by atoms with E-state index >= 15 is 0 Å². The zero-order chi connectivity index (χ0) is 13.1. The molecule has 6 nitrogen and oxygen atoms in total. The fraction of sp³-hybridized carbons (Fsp3) is 0.545. The van der Waals surface area contributed by atoms with Gasteiger partial charge in [0.1, 0.15) is 5.82 Å². The third-order valence-corrected chi connectivity index (χ3v) is 1.99. The fourth-order valence-corrected chi connectivity index (χ4v) is 1.26. The van der Waals surface area contributed by atoms with Crippen LogP contribution in [-0.4, -0.2) is 21.4 Å². The maximum absolute atomic E-state index is 11.3. The molecular formula is C11H18N4O2. The molecule has 0 atom stereocenters. The Balaban J connectivity index is 2.82. The monoisotopic (exact) mass is 238 g/mol. The van der Waals surface area contributed by atoms with Gasteiger partial charge >= 0.3 is 0 Å². The molecule has 94 valence electrons. The number of amides is 1. The number of carbonyl (C=O) groups is 1. The van der Waals surface area contributed by atoms with Crippen LogP contribution >= 0.6 is 0 Å². The molecule has 0 aliphatic rings. The summed E-state index contributed by atoms with van der Waals surface area (Å²) < 4.78 is 0. The summed E-state index contributed by atoms with van der Waals surface area (Å²) in [4.78, 5) is 28.7. The van der Waals surface area contributed by atoms with E-state index in [0.29, 0.717) is 18.1 Å². The second kappa shape index (κ2) is 5.09. The first-order chi connectivity index (χ1) is 7.76. The van der Waals surface area contributed by atoms with Gasteiger partial charge in [0, 0.05) is 18.2 Å². The van der Waals surface area contributed by atoms with Crippen molar-refractivity contribution < 1.29 is 4.79 Å². The molecule has 1 amide bonds. The Morgan fingerprint density at radius 1 is 1.53 bits per heavy atom. The number of primary amides is 1. The Morgan fingerprint density at radius 2 is 2.18 bits per heavy atom. The zero-order valence-corrected chi connectivity index (χ0v) is 10.3. The molecule has 0 saturated heterocycles. The highest BCUT2D eigenvalue weighted by Gasteiger charge is 2.10. The van der Waals surface area contributed by atoms with Crippen molar-refractivity contribution in [1.82, 2.24) is 15.3 Å². The second-order valence-corrected chi connectivity index (χ2v) is 4.93. The molecule has 0 saturated carbocycles. The number of carbonyl (C=O) groups excluding carboxylic acids is 1. The normalized spacial score (nSPS) is 11.5. The van der Waals surface area contributed by atoms with E-state index < -0.39 is 5.91 Å². The summed E-state index contributed by atoms with van der Waals surface area (Å²) in [6, 6.07) is 1.41. The van der Waals surface area contributed by atoms with Gasteiger partial charge in [0.15, 0.2) is 0 Å². The first kappa shape index (κ1) is 13.4. The van der Waals surface area contributed by atoms with Gasteiger partial charge in [-0.3, -0.25) is 9.59 Å². The lowest BCUT2D eigenvalue weighted by Gasteiger charge is -2.20. The smallest absolute Gasteiger partial charge is 0.251 e. The summed E-state index contributed by atoms with van der Waals surface area (Å²) in [6.45, 7) is 6.53. The summed E-state index contributed by atoms with van der Waals surface area (Å²) in [5, 5.41) is 3.21. The summed E-state index contributed by atoms with van der Waals surface area (Å²) in [6.07, 6.45) is -0.0569. The molecule has 1 rings (SSSR count). The first-order valence-corrected chi connectivity index (χ1v) is 5.39. The van der Waals surface area contributed by atoms with Gasteiger partial charge in [-0.05, 0) is 20.8 Å². The SMILES string of the molecule is CC(C)(C)NCc1cc(=O)[nH]c(CC(N)=O)n1. The highest BCUT2D eigenvalue weighted by molar-refractivity contribution is 5.75.